The molecule has 7 nitrogen and oxygen atoms in total. The van der Waals surface area contributed by atoms with Gasteiger partial charge in [0.25, 0.3) is 17.7 Å². The monoisotopic (exact) mass is 367 g/mol. The largest absolute Gasteiger partial charge is 0.467 e. The molecule has 3 amide bonds. The SMILES string of the molecule is Cn1ccsc1=NC(=O)c1ccc2c(c1)C(=O)N(Cc1ccco1)C2=O. The Balaban J connectivity index is 1.66. The Labute approximate surface area is 151 Å². The molecule has 130 valence electrons. The fourth-order valence-corrected chi connectivity index (χ4v) is 3.44. The summed E-state index contributed by atoms with van der Waals surface area (Å²) in [4.78, 5) is 43.2. The van der Waals surface area contributed by atoms with E-state index in [0.29, 0.717) is 10.6 Å². The molecule has 0 bridgehead atoms. The molecule has 0 radical (unpaired) electrons. The number of imide groups is 1. The van der Waals surface area contributed by atoms with Gasteiger partial charge in [-0.3, -0.25) is 19.3 Å². The summed E-state index contributed by atoms with van der Waals surface area (Å²) in [5.41, 5.74) is 0.746. The molecule has 8 heteroatoms. The van der Waals surface area contributed by atoms with Crippen LogP contribution in [0.1, 0.15) is 36.8 Å². The normalized spacial score (nSPS) is 14.2. The van der Waals surface area contributed by atoms with Gasteiger partial charge in [0.05, 0.1) is 23.9 Å². The number of benzene rings is 1. The van der Waals surface area contributed by atoms with Crippen LogP contribution in [0.3, 0.4) is 0 Å². The molecule has 0 spiro atoms. The molecular formula is C18H13N3O4S. The summed E-state index contributed by atoms with van der Waals surface area (Å²) in [7, 11) is 1.79. The molecule has 0 N–H and O–H groups in total. The van der Waals surface area contributed by atoms with E-state index in [1.54, 1.807) is 29.9 Å². The third-order valence-electron chi connectivity index (χ3n) is 4.07. The van der Waals surface area contributed by atoms with E-state index in [9.17, 15) is 14.4 Å². The standard InChI is InChI=1S/C18H13N3O4S/c1-20-6-8-26-18(20)19-15(22)11-4-5-13-14(9-11)17(24)21(16(13)23)10-12-3-2-7-25-12/h2-9H,10H2,1H3. The van der Waals surface area contributed by atoms with Crippen LogP contribution in [0.25, 0.3) is 0 Å². The van der Waals surface area contributed by atoms with E-state index in [4.69, 9.17) is 4.42 Å². The molecule has 3 aromatic rings. The molecule has 0 aliphatic carbocycles. The Morgan fingerprint density at radius 3 is 2.69 bits per heavy atom. The van der Waals surface area contributed by atoms with Gasteiger partial charge in [-0.2, -0.15) is 4.99 Å². The van der Waals surface area contributed by atoms with Gasteiger partial charge in [-0.15, -0.1) is 11.3 Å². The van der Waals surface area contributed by atoms with Crippen LogP contribution in [0.15, 0.2) is 57.6 Å². The zero-order valence-corrected chi connectivity index (χ0v) is 14.5. The van der Waals surface area contributed by atoms with E-state index in [0.717, 1.165) is 4.90 Å². The summed E-state index contributed by atoms with van der Waals surface area (Å²) in [5.74, 6) is -0.800. The lowest BCUT2D eigenvalue weighted by molar-refractivity contribution is 0.0631. The number of aryl methyl sites for hydroxylation is 1. The maximum absolute atomic E-state index is 12.6. The predicted octanol–water partition coefficient (Wildman–Crippen LogP) is 2.22. The molecule has 0 saturated carbocycles. The summed E-state index contributed by atoms with van der Waals surface area (Å²) in [6.45, 7) is 0.0536. The van der Waals surface area contributed by atoms with E-state index >= 15 is 0 Å². The van der Waals surface area contributed by atoms with E-state index in [1.165, 1.54) is 35.8 Å². The molecule has 26 heavy (non-hydrogen) atoms. The smallest absolute Gasteiger partial charge is 0.279 e. The minimum Gasteiger partial charge on any atom is -0.467 e. The first kappa shape index (κ1) is 16.2. The Morgan fingerprint density at radius 2 is 2.00 bits per heavy atom. The van der Waals surface area contributed by atoms with E-state index < -0.39 is 17.7 Å². The average molecular weight is 367 g/mol. The van der Waals surface area contributed by atoms with Gasteiger partial charge >= 0.3 is 0 Å². The lowest BCUT2D eigenvalue weighted by atomic mass is 10.1. The Morgan fingerprint density at radius 1 is 1.19 bits per heavy atom. The van der Waals surface area contributed by atoms with Crippen LogP contribution in [-0.2, 0) is 13.6 Å². The molecule has 4 rings (SSSR count). The van der Waals surface area contributed by atoms with Crippen molar-refractivity contribution in [3.05, 3.63) is 75.4 Å². The minimum absolute atomic E-state index is 0.0536. The molecule has 1 aliphatic heterocycles. The van der Waals surface area contributed by atoms with Gasteiger partial charge < -0.3 is 8.98 Å². The van der Waals surface area contributed by atoms with Gasteiger partial charge in [-0.25, -0.2) is 0 Å². The number of carbonyl (C=O) groups is 3. The molecular weight excluding hydrogens is 354 g/mol. The van der Waals surface area contributed by atoms with Crippen LogP contribution in [0, 0.1) is 0 Å². The third-order valence-corrected chi connectivity index (χ3v) is 4.92. The van der Waals surface area contributed by atoms with Gasteiger partial charge in [0, 0.05) is 24.2 Å². The fourth-order valence-electron chi connectivity index (χ4n) is 2.71. The first-order valence-corrected chi connectivity index (χ1v) is 8.64. The van der Waals surface area contributed by atoms with Crippen molar-refractivity contribution in [1.29, 1.82) is 0 Å². The number of fused-ring (bicyclic) bond motifs is 1. The van der Waals surface area contributed by atoms with E-state index in [1.807, 2.05) is 5.38 Å². The maximum Gasteiger partial charge on any atom is 0.279 e. The van der Waals surface area contributed by atoms with Crippen LogP contribution < -0.4 is 4.80 Å². The average Bonchev–Trinajstić information content (AvgIpc) is 3.34. The second kappa shape index (κ2) is 6.23. The summed E-state index contributed by atoms with van der Waals surface area (Å²) in [6.07, 6.45) is 3.28. The number of amides is 3. The Hall–Kier alpha value is -3.26. The molecule has 0 atom stereocenters. The van der Waals surface area contributed by atoms with Crippen LogP contribution in [0.4, 0.5) is 0 Å². The highest BCUT2D eigenvalue weighted by atomic mass is 32.1. The highest BCUT2D eigenvalue weighted by Crippen LogP contribution is 2.26. The minimum atomic E-state index is -0.462. The molecule has 3 heterocycles. The van der Waals surface area contributed by atoms with Crippen molar-refractivity contribution < 1.29 is 18.8 Å². The number of carbonyl (C=O) groups excluding carboxylic acids is 3. The summed E-state index contributed by atoms with van der Waals surface area (Å²) >= 11 is 1.34. The Bertz CT molecular complexity index is 1090. The van der Waals surface area contributed by atoms with E-state index in [2.05, 4.69) is 4.99 Å². The van der Waals surface area contributed by atoms with Crippen molar-refractivity contribution in [2.24, 2.45) is 12.0 Å². The zero-order valence-electron chi connectivity index (χ0n) is 13.7. The molecule has 0 saturated heterocycles. The van der Waals surface area contributed by atoms with Gasteiger partial charge in [0.15, 0.2) is 4.80 Å². The van der Waals surface area contributed by atoms with Crippen molar-refractivity contribution in [3.63, 3.8) is 0 Å². The maximum atomic E-state index is 12.6. The zero-order chi connectivity index (χ0) is 18.3. The van der Waals surface area contributed by atoms with Crippen molar-refractivity contribution in [1.82, 2.24) is 9.47 Å². The van der Waals surface area contributed by atoms with E-state index in [-0.39, 0.29) is 23.2 Å². The molecule has 2 aromatic heterocycles. The number of rotatable bonds is 3. The number of hydrogen-bond donors (Lipinski definition) is 0. The van der Waals surface area contributed by atoms with Crippen molar-refractivity contribution in [2.75, 3.05) is 0 Å². The lowest BCUT2D eigenvalue weighted by Crippen LogP contribution is -2.28. The lowest BCUT2D eigenvalue weighted by Gasteiger charge is -2.11. The summed E-state index contributed by atoms with van der Waals surface area (Å²) in [5, 5.41) is 1.82. The quantitative estimate of drug-likeness (QED) is 0.665. The highest BCUT2D eigenvalue weighted by molar-refractivity contribution is 7.07. The third kappa shape index (κ3) is 2.70. The number of hydrogen-bond acceptors (Lipinski definition) is 5. The Kier molecular flexibility index (Phi) is 3.89. The second-order valence-corrected chi connectivity index (χ2v) is 6.62. The highest BCUT2D eigenvalue weighted by Gasteiger charge is 2.36. The van der Waals surface area contributed by atoms with Crippen LogP contribution in [0.2, 0.25) is 0 Å². The van der Waals surface area contributed by atoms with Crippen LogP contribution in [-0.4, -0.2) is 27.2 Å². The summed E-state index contributed by atoms with van der Waals surface area (Å²) in [6, 6.07) is 7.82. The number of aromatic nitrogens is 1. The van der Waals surface area contributed by atoms with Crippen LogP contribution >= 0.6 is 11.3 Å². The van der Waals surface area contributed by atoms with Crippen molar-refractivity contribution >= 4 is 29.1 Å². The fraction of sp³-hybridized carbons (Fsp3) is 0.111. The number of nitrogens with zero attached hydrogens (tertiary/aromatic N) is 3. The predicted molar refractivity (Wildman–Crippen MR) is 92.5 cm³/mol. The first-order chi connectivity index (χ1) is 12.5. The number of furan rings is 1. The molecule has 1 aliphatic rings. The molecule has 0 fully saturated rings. The molecule has 1 aromatic carbocycles. The van der Waals surface area contributed by atoms with Gasteiger partial charge in [0.1, 0.15) is 5.76 Å². The number of thiazole rings is 1. The van der Waals surface area contributed by atoms with Gasteiger partial charge in [-0.05, 0) is 30.3 Å². The van der Waals surface area contributed by atoms with Crippen molar-refractivity contribution in [3.8, 4) is 0 Å². The summed E-state index contributed by atoms with van der Waals surface area (Å²) < 4.78 is 6.94. The van der Waals surface area contributed by atoms with Gasteiger partial charge in [-0.1, -0.05) is 0 Å². The first-order valence-electron chi connectivity index (χ1n) is 7.76. The second-order valence-electron chi connectivity index (χ2n) is 5.75. The van der Waals surface area contributed by atoms with Crippen LogP contribution in [0.5, 0.6) is 0 Å². The van der Waals surface area contributed by atoms with Gasteiger partial charge in [0.2, 0.25) is 0 Å². The molecule has 0 unspecified atom stereocenters. The topological polar surface area (TPSA) is 84.9 Å². The van der Waals surface area contributed by atoms with Crippen molar-refractivity contribution in [2.45, 2.75) is 6.54 Å².